The summed E-state index contributed by atoms with van der Waals surface area (Å²) >= 11 is 0. The molecule has 0 aromatic heterocycles. The van der Waals surface area contributed by atoms with Crippen LogP contribution in [0.15, 0.2) is 23.1 Å². The second-order valence-corrected chi connectivity index (χ2v) is 9.88. The van der Waals surface area contributed by atoms with Crippen LogP contribution in [0.3, 0.4) is 0 Å². The Balaban J connectivity index is 1.78. The fourth-order valence-electron chi connectivity index (χ4n) is 3.13. The molecule has 1 aromatic rings. The summed E-state index contributed by atoms with van der Waals surface area (Å²) in [7, 11) is -4.44. The maximum atomic E-state index is 12.9. The molecule has 0 bridgehead atoms. The Kier molecular flexibility index (Phi) is 4.54. The smallest absolute Gasteiger partial charge is 0.399 e. The Morgan fingerprint density at radius 1 is 1.12 bits per heavy atom. The van der Waals surface area contributed by atoms with Crippen LogP contribution in [-0.4, -0.2) is 38.7 Å². The SMILES string of the molecule is Cc1cc(B2OC(C)(C)C(C)(C)O2)ccc1S(=O)(=O)NC1CC(F)(F)C1. The van der Waals surface area contributed by atoms with Crippen molar-refractivity contribution in [3.8, 4) is 0 Å². The number of sulfonamides is 1. The van der Waals surface area contributed by atoms with Crippen LogP contribution in [0.5, 0.6) is 0 Å². The van der Waals surface area contributed by atoms with Gasteiger partial charge in [-0.05, 0) is 51.7 Å². The average molecular weight is 387 g/mol. The van der Waals surface area contributed by atoms with Crippen molar-refractivity contribution in [2.24, 2.45) is 0 Å². The van der Waals surface area contributed by atoms with E-state index in [1.807, 2.05) is 27.7 Å². The quantitative estimate of drug-likeness (QED) is 0.806. The highest BCUT2D eigenvalue weighted by Crippen LogP contribution is 2.38. The Hall–Kier alpha value is -1.03. The summed E-state index contributed by atoms with van der Waals surface area (Å²) in [5.74, 6) is -2.77. The zero-order valence-electron chi connectivity index (χ0n) is 15.6. The summed E-state index contributed by atoms with van der Waals surface area (Å²) in [4.78, 5) is 0.0768. The molecule has 0 spiro atoms. The lowest BCUT2D eigenvalue weighted by Crippen LogP contribution is -2.50. The molecule has 1 aliphatic heterocycles. The lowest BCUT2D eigenvalue weighted by atomic mass is 9.78. The van der Waals surface area contributed by atoms with Gasteiger partial charge >= 0.3 is 7.12 Å². The predicted octanol–water partition coefficient (Wildman–Crippen LogP) is 2.37. The second-order valence-electron chi connectivity index (χ2n) is 8.20. The lowest BCUT2D eigenvalue weighted by Gasteiger charge is -2.35. The van der Waals surface area contributed by atoms with E-state index in [1.165, 1.54) is 6.07 Å². The lowest BCUT2D eigenvalue weighted by molar-refractivity contribution is -0.0876. The van der Waals surface area contributed by atoms with Gasteiger partial charge in [-0.2, -0.15) is 0 Å². The molecule has 1 heterocycles. The number of rotatable bonds is 4. The third-order valence-corrected chi connectivity index (χ3v) is 7.11. The van der Waals surface area contributed by atoms with Gasteiger partial charge < -0.3 is 9.31 Å². The van der Waals surface area contributed by atoms with Crippen molar-refractivity contribution in [1.29, 1.82) is 0 Å². The Labute approximate surface area is 153 Å². The van der Waals surface area contributed by atoms with Gasteiger partial charge in [-0.3, -0.25) is 0 Å². The van der Waals surface area contributed by atoms with Crippen LogP contribution >= 0.6 is 0 Å². The number of hydrogen-bond donors (Lipinski definition) is 1. The van der Waals surface area contributed by atoms with Crippen LogP contribution in [0.2, 0.25) is 0 Å². The van der Waals surface area contributed by atoms with E-state index in [-0.39, 0.29) is 4.90 Å². The normalized spacial score (nSPS) is 24.5. The highest BCUT2D eigenvalue weighted by Gasteiger charge is 2.52. The van der Waals surface area contributed by atoms with Crippen molar-refractivity contribution < 1.29 is 26.5 Å². The zero-order valence-corrected chi connectivity index (χ0v) is 16.4. The van der Waals surface area contributed by atoms with Crippen LogP contribution in [0.25, 0.3) is 0 Å². The Morgan fingerprint density at radius 2 is 1.65 bits per heavy atom. The number of hydrogen-bond acceptors (Lipinski definition) is 4. The second kappa shape index (κ2) is 5.99. The number of halogens is 2. The molecule has 5 nitrogen and oxygen atoms in total. The first kappa shape index (κ1) is 19.7. The van der Waals surface area contributed by atoms with Crippen LogP contribution in [0.1, 0.15) is 46.1 Å². The number of aryl methyl sites for hydroxylation is 1. The monoisotopic (exact) mass is 387 g/mol. The topological polar surface area (TPSA) is 64.6 Å². The van der Waals surface area contributed by atoms with E-state index in [1.54, 1.807) is 19.1 Å². The summed E-state index contributed by atoms with van der Waals surface area (Å²) in [5, 5.41) is 0. The molecule has 1 N–H and O–H groups in total. The van der Waals surface area contributed by atoms with E-state index < -0.39 is 53.1 Å². The van der Waals surface area contributed by atoms with E-state index in [0.29, 0.717) is 5.56 Å². The third kappa shape index (κ3) is 3.54. The van der Waals surface area contributed by atoms with Gasteiger partial charge in [0.1, 0.15) is 0 Å². The van der Waals surface area contributed by atoms with E-state index in [9.17, 15) is 17.2 Å². The van der Waals surface area contributed by atoms with Crippen molar-refractivity contribution in [1.82, 2.24) is 4.72 Å². The average Bonchev–Trinajstić information content (AvgIpc) is 2.64. The van der Waals surface area contributed by atoms with Crippen LogP contribution < -0.4 is 10.2 Å². The standard InChI is InChI=1S/C17H24BF2NO4S/c1-11-8-12(18-24-15(2,3)16(4,5)25-18)6-7-14(11)26(22,23)21-13-9-17(19,20)10-13/h6-8,13,21H,9-10H2,1-5H3. The predicted molar refractivity (Wildman–Crippen MR) is 95.2 cm³/mol. The molecule has 2 fully saturated rings. The van der Waals surface area contributed by atoms with E-state index >= 15 is 0 Å². The molecule has 26 heavy (non-hydrogen) atoms. The summed E-state index contributed by atoms with van der Waals surface area (Å²) in [6, 6.07) is 4.08. The molecule has 2 aliphatic rings. The molecular formula is C17H24BF2NO4S. The van der Waals surface area contributed by atoms with Crippen molar-refractivity contribution in [3.05, 3.63) is 23.8 Å². The largest absolute Gasteiger partial charge is 0.494 e. The minimum absolute atomic E-state index is 0.0768. The number of nitrogens with one attached hydrogen (secondary N) is 1. The van der Waals surface area contributed by atoms with Crippen molar-refractivity contribution in [2.45, 2.75) is 75.5 Å². The minimum atomic E-state index is -3.85. The molecule has 0 atom stereocenters. The molecule has 1 saturated heterocycles. The van der Waals surface area contributed by atoms with Crippen LogP contribution in [-0.2, 0) is 19.3 Å². The first-order chi connectivity index (χ1) is 11.7. The molecule has 0 radical (unpaired) electrons. The zero-order chi connectivity index (χ0) is 19.5. The van der Waals surface area contributed by atoms with Crippen LogP contribution in [0.4, 0.5) is 8.78 Å². The van der Waals surface area contributed by atoms with Gasteiger partial charge in [0.15, 0.2) is 0 Å². The molecule has 9 heteroatoms. The first-order valence-corrected chi connectivity index (χ1v) is 10.1. The molecule has 0 amide bonds. The fraction of sp³-hybridized carbons (Fsp3) is 0.647. The molecule has 144 valence electrons. The number of benzene rings is 1. The van der Waals surface area contributed by atoms with E-state index in [2.05, 4.69) is 4.72 Å². The summed E-state index contributed by atoms with van der Waals surface area (Å²) < 4.78 is 65.1. The van der Waals surface area contributed by atoms with Gasteiger partial charge in [0.2, 0.25) is 10.0 Å². The highest BCUT2D eigenvalue weighted by atomic mass is 32.2. The van der Waals surface area contributed by atoms with Gasteiger partial charge in [0, 0.05) is 18.9 Å². The Bertz CT molecular complexity index is 802. The van der Waals surface area contributed by atoms with Crippen molar-refractivity contribution >= 4 is 22.6 Å². The fourth-order valence-corrected chi connectivity index (χ4v) is 4.59. The third-order valence-electron chi connectivity index (χ3n) is 5.43. The maximum Gasteiger partial charge on any atom is 0.494 e. The van der Waals surface area contributed by atoms with Gasteiger partial charge in [0.05, 0.1) is 16.1 Å². The van der Waals surface area contributed by atoms with Crippen molar-refractivity contribution in [2.75, 3.05) is 0 Å². The van der Waals surface area contributed by atoms with Crippen molar-refractivity contribution in [3.63, 3.8) is 0 Å². The van der Waals surface area contributed by atoms with Gasteiger partial charge in [-0.1, -0.05) is 12.1 Å². The van der Waals surface area contributed by atoms with E-state index in [4.69, 9.17) is 9.31 Å². The molecule has 1 aliphatic carbocycles. The Morgan fingerprint density at radius 3 is 2.12 bits per heavy atom. The number of alkyl halides is 2. The molecular weight excluding hydrogens is 363 g/mol. The van der Waals surface area contributed by atoms with Gasteiger partial charge in [-0.25, -0.2) is 21.9 Å². The highest BCUT2D eigenvalue weighted by molar-refractivity contribution is 7.89. The molecule has 1 aromatic carbocycles. The minimum Gasteiger partial charge on any atom is -0.399 e. The van der Waals surface area contributed by atoms with Crippen LogP contribution in [0, 0.1) is 6.92 Å². The summed E-state index contributed by atoms with van der Waals surface area (Å²) in [5.41, 5.74) is 0.242. The molecule has 3 rings (SSSR count). The van der Waals surface area contributed by atoms with Gasteiger partial charge in [0.25, 0.3) is 5.92 Å². The molecule has 1 saturated carbocycles. The summed E-state index contributed by atoms with van der Waals surface area (Å²) in [6.45, 7) is 9.43. The molecule has 0 unspecified atom stereocenters. The maximum absolute atomic E-state index is 12.9. The first-order valence-electron chi connectivity index (χ1n) is 8.59. The van der Waals surface area contributed by atoms with E-state index in [0.717, 1.165) is 5.46 Å². The van der Waals surface area contributed by atoms with Gasteiger partial charge in [-0.15, -0.1) is 0 Å². The summed E-state index contributed by atoms with van der Waals surface area (Å²) in [6.07, 6.45) is -0.922.